The molecule has 0 unspecified atom stereocenters. The van der Waals surface area contributed by atoms with Gasteiger partial charge in [-0.05, 0) is 43.5 Å². The first-order chi connectivity index (χ1) is 11.2. The number of ether oxygens (including phenoxy) is 1. The van der Waals surface area contributed by atoms with E-state index >= 15 is 0 Å². The third kappa shape index (κ3) is 4.59. The fourth-order valence-electron chi connectivity index (χ4n) is 2.55. The lowest BCUT2D eigenvalue weighted by atomic mass is 10.0. The van der Waals surface area contributed by atoms with E-state index in [-0.39, 0.29) is 0 Å². The Hall–Kier alpha value is -2.29. The van der Waals surface area contributed by atoms with Crippen LogP contribution in [0.25, 0.3) is 0 Å². The summed E-state index contributed by atoms with van der Waals surface area (Å²) in [5.41, 5.74) is 4.60. The largest absolute Gasteiger partial charge is 0.496 e. The van der Waals surface area contributed by atoms with Crippen LogP contribution < -0.4 is 4.74 Å². The van der Waals surface area contributed by atoms with Crippen LogP contribution in [0.4, 0.5) is 5.69 Å². The lowest BCUT2D eigenvalue weighted by Crippen LogP contribution is -2.20. The van der Waals surface area contributed by atoms with Crippen LogP contribution in [0.5, 0.6) is 5.75 Å². The molecule has 0 aromatic heterocycles. The molecule has 3 nitrogen and oxygen atoms in total. The summed E-state index contributed by atoms with van der Waals surface area (Å²) in [6.45, 7) is 8.28. The minimum absolute atomic E-state index is 0.866. The van der Waals surface area contributed by atoms with Gasteiger partial charge in [0.1, 0.15) is 5.75 Å². The first-order valence-electron chi connectivity index (χ1n) is 8.17. The second-order valence-corrected chi connectivity index (χ2v) is 5.58. The van der Waals surface area contributed by atoms with E-state index in [1.165, 1.54) is 16.7 Å². The van der Waals surface area contributed by atoms with Crippen LogP contribution in [0, 0.1) is 6.92 Å². The Balaban J connectivity index is 2.28. The lowest BCUT2D eigenvalue weighted by Gasteiger charge is -2.15. The quantitative estimate of drug-likeness (QED) is 0.551. The van der Waals surface area contributed by atoms with E-state index in [0.717, 1.165) is 30.9 Å². The van der Waals surface area contributed by atoms with Crippen molar-refractivity contribution in [2.24, 2.45) is 4.99 Å². The monoisotopic (exact) mass is 310 g/mol. The summed E-state index contributed by atoms with van der Waals surface area (Å²) >= 11 is 0. The molecule has 0 aliphatic heterocycles. The molecule has 0 saturated carbocycles. The molecule has 0 spiro atoms. The van der Waals surface area contributed by atoms with Gasteiger partial charge in [0.25, 0.3) is 0 Å². The highest BCUT2D eigenvalue weighted by Gasteiger charge is 2.08. The van der Waals surface area contributed by atoms with Gasteiger partial charge in [-0.1, -0.05) is 30.3 Å². The molecule has 0 aliphatic carbocycles. The maximum Gasteiger partial charge on any atom is 0.124 e. The summed E-state index contributed by atoms with van der Waals surface area (Å²) in [6.07, 6.45) is 2.78. The van der Waals surface area contributed by atoms with Crippen molar-refractivity contribution in [2.45, 2.75) is 27.2 Å². The van der Waals surface area contributed by atoms with Gasteiger partial charge in [0.05, 0.1) is 19.1 Å². The van der Waals surface area contributed by atoms with Gasteiger partial charge in [-0.25, -0.2) is 4.99 Å². The van der Waals surface area contributed by atoms with Crippen LogP contribution in [0.1, 0.15) is 30.5 Å². The van der Waals surface area contributed by atoms with E-state index < -0.39 is 0 Å². The van der Waals surface area contributed by atoms with Gasteiger partial charge in [-0.2, -0.15) is 0 Å². The van der Waals surface area contributed by atoms with Crippen molar-refractivity contribution >= 4 is 12.0 Å². The number of benzene rings is 2. The molecule has 0 heterocycles. The molecule has 0 fully saturated rings. The maximum absolute atomic E-state index is 5.59. The molecule has 2 aromatic rings. The van der Waals surface area contributed by atoms with Crippen LogP contribution in [0.3, 0.4) is 0 Å². The normalized spacial score (nSPS) is 11.0. The van der Waals surface area contributed by atoms with E-state index in [1.807, 2.05) is 18.5 Å². The number of rotatable bonds is 7. The SMILES string of the molecule is CCN(C=Nc1cc(OC)c(Cc2ccccc2)cc1C)CC. The Morgan fingerprint density at radius 1 is 1.09 bits per heavy atom. The van der Waals surface area contributed by atoms with Gasteiger partial charge in [-0.15, -0.1) is 0 Å². The Morgan fingerprint density at radius 3 is 2.39 bits per heavy atom. The zero-order valence-electron chi connectivity index (χ0n) is 14.5. The highest BCUT2D eigenvalue weighted by molar-refractivity contribution is 5.65. The summed E-state index contributed by atoms with van der Waals surface area (Å²) in [6, 6.07) is 14.7. The number of hydrogen-bond acceptors (Lipinski definition) is 2. The van der Waals surface area contributed by atoms with Crippen molar-refractivity contribution in [3.63, 3.8) is 0 Å². The van der Waals surface area contributed by atoms with Crippen molar-refractivity contribution in [3.05, 3.63) is 59.2 Å². The van der Waals surface area contributed by atoms with Crippen LogP contribution in [0.2, 0.25) is 0 Å². The topological polar surface area (TPSA) is 24.8 Å². The summed E-state index contributed by atoms with van der Waals surface area (Å²) in [5, 5.41) is 0. The molecule has 3 heteroatoms. The highest BCUT2D eigenvalue weighted by Crippen LogP contribution is 2.30. The average Bonchev–Trinajstić information content (AvgIpc) is 2.58. The minimum Gasteiger partial charge on any atom is -0.496 e. The molecular formula is C20H26N2O. The van der Waals surface area contributed by atoms with Gasteiger partial charge in [0.15, 0.2) is 0 Å². The first kappa shape index (κ1) is 17.1. The summed E-state index contributed by atoms with van der Waals surface area (Å²) in [5.74, 6) is 0.895. The molecule has 0 saturated heterocycles. The molecule has 0 bridgehead atoms. The van der Waals surface area contributed by atoms with E-state index in [1.54, 1.807) is 7.11 Å². The van der Waals surface area contributed by atoms with Crippen molar-refractivity contribution in [1.82, 2.24) is 4.90 Å². The van der Waals surface area contributed by atoms with Crippen molar-refractivity contribution < 1.29 is 4.74 Å². The van der Waals surface area contributed by atoms with Gasteiger partial charge < -0.3 is 9.64 Å². The highest BCUT2D eigenvalue weighted by atomic mass is 16.5. The zero-order chi connectivity index (χ0) is 16.7. The molecular weight excluding hydrogens is 284 g/mol. The van der Waals surface area contributed by atoms with Crippen molar-refractivity contribution in [3.8, 4) is 5.75 Å². The smallest absolute Gasteiger partial charge is 0.124 e. The molecule has 0 N–H and O–H groups in total. The van der Waals surface area contributed by atoms with E-state index in [4.69, 9.17) is 4.74 Å². The summed E-state index contributed by atoms with van der Waals surface area (Å²) < 4.78 is 5.59. The Kier molecular flexibility index (Phi) is 6.21. The van der Waals surface area contributed by atoms with Crippen LogP contribution in [-0.2, 0) is 6.42 Å². The van der Waals surface area contributed by atoms with Crippen molar-refractivity contribution in [1.29, 1.82) is 0 Å². The molecule has 23 heavy (non-hydrogen) atoms. The van der Waals surface area contributed by atoms with Crippen molar-refractivity contribution in [2.75, 3.05) is 20.2 Å². The number of aliphatic imine (C=N–C) groups is 1. The Labute approximate surface area is 139 Å². The Morgan fingerprint density at radius 2 is 1.78 bits per heavy atom. The standard InChI is InChI=1S/C20H26N2O/c1-5-22(6-2)15-21-19-14-20(23-4)18(12-16(19)3)13-17-10-8-7-9-11-17/h7-12,14-15H,5-6,13H2,1-4H3. The molecule has 2 aromatic carbocycles. The predicted octanol–water partition coefficient (Wildman–Crippen LogP) is 4.60. The van der Waals surface area contributed by atoms with Crippen LogP contribution in [0.15, 0.2) is 47.5 Å². The maximum atomic E-state index is 5.59. The minimum atomic E-state index is 0.866. The van der Waals surface area contributed by atoms with E-state index in [0.29, 0.717) is 0 Å². The van der Waals surface area contributed by atoms with Gasteiger partial charge in [-0.3, -0.25) is 0 Å². The molecule has 0 aliphatic rings. The van der Waals surface area contributed by atoms with Gasteiger partial charge in [0, 0.05) is 25.6 Å². The Bertz CT molecular complexity index is 646. The summed E-state index contributed by atoms with van der Waals surface area (Å²) in [7, 11) is 1.72. The second-order valence-electron chi connectivity index (χ2n) is 5.58. The fourth-order valence-corrected chi connectivity index (χ4v) is 2.55. The predicted molar refractivity (Wildman–Crippen MR) is 98.1 cm³/mol. The van der Waals surface area contributed by atoms with E-state index in [2.05, 4.69) is 61.0 Å². The first-order valence-corrected chi connectivity index (χ1v) is 8.17. The van der Waals surface area contributed by atoms with Crippen LogP contribution in [-0.4, -0.2) is 31.4 Å². The lowest BCUT2D eigenvalue weighted by molar-refractivity contribution is 0.410. The number of hydrogen-bond donors (Lipinski definition) is 0. The number of aryl methyl sites for hydroxylation is 1. The molecule has 0 radical (unpaired) electrons. The average molecular weight is 310 g/mol. The molecule has 2 rings (SSSR count). The molecule has 0 atom stereocenters. The molecule has 122 valence electrons. The third-order valence-corrected chi connectivity index (χ3v) is 4.01. The fraction of sp³-hybridized carbons (Fsp3) is 0.350. The second kappa shape index (κ2) is 8.37. The summed E-state index contributed by atoms with van der Waals surface area (Å²) in [4.78, 5) is 6.80. The number of methoxy groups -OCH3 is 1. The third-order valence-electron chi connectivity index (χ3n) is 4.01. The van der Waals surface area contributed by atoms with Crippen LogP contribution >= 0.6 is 0 Å². The zero-order valence-corrected chi connectivity index (χ0v) is 14.5. The van der Waals surface area contributed by atoms with E-state index in [9.17, 15) is 0 Å². The van der Waals surface area contributed by atoms with Gasteiger partial charge in [0.2, 0.25) is 0 Å². The van der Waals surface area contributed by atoms with Gasteiger partial charge >= 0.3 is 0 Å². The number of nitrogens with zero attached hydrogens (tertiary/aromatic N) is 2. The molecule has 0 amide bonds.